The Morgan fingerprint density at radius 3 is 2.63 bits per heavy atom. The van der Waals surface area contributed by atoms with E-state index >= 15 is 0 Å². The van der Waals surface area contributed by atoms with Crippen molar-refractivity contribution in [2.75, 3.05) is 5.32 Å². The molecule has 0 aliphatic heterocycles. The second-order valence-corrected chi connectivity index (χ2v) is 5.39. The first-order chi connectivity index (χ1) is 8.97. The fraction of sp³-hybridized carbons (Fsp3) is 0.0714. The van der Waals surface area contributed by atoms with Gasteiger partial charge in [-0.2, -0.15) is 0 Å². The molecule has 3 nitrogen and oxygen atoms in total. The minimum absolute atomic E-state index is 0.140. The van der Waals surface area contributed by atoms with Crippen LogP contribution in [-0.4, -0.2) is 11.1 Å². The zero-order valence-electron chi connectivity index (χ0n) is 10.1. The van der Waals surface area contributed by atoms with Crippen molar-refractivity contribution in [1.82, 2.24) is 0 Å². The van der Waals surface area contributed by atoms with Crippen molar-refractivity contribution in [1.29, 1.82) is 0 Å². The monoisotopic (exact) mass is 339 g/mol. The van der Waals surface area contributed by atoms with Crippen molar-refractivity contribution in [3.8, 4) is 0 Å². The number of halogens is 2. The molecule has 0 unspecified atom stereocenters. The number of rotatable bonds is 3. The Bertz CT molecular complexity index is 643. The van der Waals surface area contributed by atoms with E-state index in [4.69, 9.17) is 11.6 Å². The summed E-state index contributed by atoms with van der Waals surface area (Å²) in [6.07, 6.45) is 0. The standard InChI is InChI=1S/C14H11BrClNO2/c1-8-2-4-11(15)13(6-8)17-12-5-3-9(16)7-10(12)14(18)19/h2-7,17H,1H3,(H,18,19). The van der Waals surface area contributed by atoms with Gasteiger partial charge >= 0.3 is 5.97 Å². The van der Waals surface area contributed by atoms with Crippen LogP contribution < -0.4 is 5.32 Å². The number of carboxylic acids is 1. The Morgan fingerprint density at radius 1 is 1.21 bits per heavy atom. The number of aromatic carboxylic acids is 1. The third-order valence-corrected chi connectivity index (χ3v) is 3.53. The Kier molecular flexibility index (Phi) is 4.12. The number of nitrogens with one attached hydrogen (secondary N) is 1. The van der Waals surface area contributed by atoms with Crippen LogP contribution in [0.5, 0.6) is 0 Å². The van der Waals surface area contributed by atoms with E-state index in [2.05, 4.69) is 21.2 Å². The van der Waals surface area contributed by atoms with E-state index in [-0.39, 0.29) is 5.56 Å². The average Bonchev–Trinajstić information content (AvgIpc) is 2.35. The molecule has 98 valence electrons. The van der Waals surface area contributed by atoms with Crippen molar-refractivity contribution in [3.63, 3.8) is 0 Å². The van der Waals surface area contributed by atoms with E-state index in [1.807, 2.05) is 25.1 Å². The van der Waals surface area contributed by atoms with Gasteiger partial charge in [0.15, 0.2) is 0 Å². The topological polar surface area (TPSA) is 49.3 Å². The maximum Gasteiger partial charge on any atom is 0.337 e. The molecule has 0 aromatic heterocycles. The molecule has 0 spiro atoms. The van der Waals surface area contributed by atoms with E-state index in [9.17, 15) is 9.90 Å². The lowest BCUT2D eigenvalue weighted by Gasteiger charge is -2.12. The highest BCUT2D eigenvalue weighted by Crippen LogP contribution is 2.29. The number of aryl methyl sites for hydroxylation is 1. The van der Waals surface area contributed by atoms with Crippen molar-refractivity contribution in [2.45, 2.75) is 6.92 Å². The third-order valence-electron chi connectivity index (χ3n) is 2.60. The molecule has 0 atom stereocenters. The molecular formula is C14H11BrClNO2. The summed E-state index contributed by atoms with van der Waals surface area (Å²) in [7, 11) is 0. The summed E-state index contributed by atoms with van der Waals surface area (Å²) in [5, 5.41) is 12.7. The number of hydrogen-bond acceptors (Lipinski definition) is 2. The average molecular weight is 341 g/mol. The summed E-state index contributed by atoms with van der Waals surface area (Å²) in [6.45, 7) is 1.97. The Hall–Kier alpha value is -1.52. The van der Waals surface area contributed by atoms with E-state index in [0.717, 1.165) is 15.7 Å². The highest BCUT2D eigenvalue weighted by molar-refractivity contribution is 9.10. The summed E-state index contributed by atoms with van der Waals surface area (Å²) < 4.78 is 0.865. The van der Waals surface area contributed by atoms with Crippen LogP contribution in [0.1, 0.15) is 15.9 Å². The van der Waals surface area contributed by atoms with Gasteiger partial charge in [-0.05, 0) is 58.7 Å². The number of hydrogen-bond donors (Lipinski definition) is 2. The van der Waals surface area contributed by atoms with Gasteiger partial charge in [-0.15, -0.1) is 0 Å². The van der Waals surface area contributed by atoms with Crippen LogP contribution in [0.25, 0.3) is 0 Å². The Balaban J connectivity index is 2.43. The molecule has 5 heteroatoms. The lowest BCUT2D eigenvalue weighted by atomic mass is 10.1. The molecule has 0 bridgehead atoms. The molecule has 0 saturated carbocycles. The first-order valence-electron chi connectivity index (χ1n) is 5.53. The maximum absolute atomic E-state index is 11.2. The fourth-order valence-corrected chi connectivity index (χ4v) is 2.20. The van der Waals surface area contributed by atoms with Gasteiger partial charge in [0.25, 0.3) is 0 Å². The Morgan fingerprint density at radius 2 is 1.95 bits per heavy atom. The number of carbonyl (C=O) groups is 1. The summed E-state index contributed by atoms with van der Waals surface area (Å²) in [5.41, 5.74) is 2.53. The number of carboxylic acid groups (broad SMARTS) is 1. The lowest BCUT2D eigenvalue weighted by Crippen LogP contribution is -2.03. The van der Waals surface area contributed by atoms with Crippen LogP contribution in [-0.2, 0) is 0 Å². The molecule has 2 aromatic carbocycles. The van der Waals surface area contributed by atoms with Gasteiger partial charge in [0, 0.05) is 9.50 Å². The summed E-state index contributed by atoms with van der Waals surface area (Å²) in [5.74, 6) is -1.02. The van der Waals surface area contributed by atoms with Crippen molar-refractivity contribution in [2.24, 2.45) is 0 Å². The van der Waals surface area contributed by atoms with Crippen molar-refractivity contribution >= 4 is 44.9 Å². The first kappa shape index (κ1) is 13.9. The van der Waals surface area contributed by atoms with Crippen LogP contribution in [0, 0.1) is 6.92 Å². The molecule has 0 aliphatic carbocycles. The van der Waals surface area contributed by atoms with E-state index in [1.165, 1.54) is 6.07 Å². The SMILES string of the molecule is Cc1ccc(Br)c(Nc2ccc(Cl)cc2C(=O)O)c1. The van der Waals surface area contributed by atoms with Crippen LogP contribution >= 0.6 is 27.5 Å². The molecule has 0 radical (unpaired) electrons. The summed E-state index contributed by atoms with van der Waals surface area (Å²) in [6, 6.07) is 10.5. The van der Waals surface area contributed by atoms with E-state index in [1.54, 1.807) is 12.1 Å². The molecule has 0 saturated heterocycles. The molecule has 2 rings (SSSR count). The molecule has 0 amide bonds. The number of anilines is 2. The van der Waals surface area contributed by atoms with E-state index in [0.29, 0.717) is 10.7 Å². The quantitative estimate of drug-likeness (QED) is 0.839. The fourth-order valence-electron chi connectivity index (χ4n) is 1.68. The second-order valence-electron chi connectivity index (χ2n) is 4.10. The highest BCUT2D eigenvalue weighted by atomic mass is 79.9. The van der Waals surface area contributed by atoms with Gasteiger partial charge in [0.1, 0.15) is 0 Å². The van der Waals surface area contributed by atoms with Crippen LogP contribution in [0.4, 0.5) is 11.4 Å². The summed E-state index contributed by atoms with van der Waals surface area (Å²) in [4.78, 5) is 11.2. The third kappa shape index (κ3) is 3.28. The molecule has 2 aromatic rings. The molecule has 2 N–H and O–H groups in total. The molecule has 0 fully saturated rings. The number of benzene rings is 2. The van der Waals surface area contributed by atoms with Crippen LogP contribution in [0.2, 0.25) is 5.02 Å². The van der Waals surface area contributed by atoms with Gasteiger partial charge in [-0.1, -0.05) is 17.7 Å². The second kappa shape index (κ2) is 5.63. The van der Waals surface area contributed by atoms with Gasteiger partial charge < -0.3 is 10.4 Å². The molecule has 0 aliphatic rings. The van der Waals surface area contributed by atoms with Gasteiger partial charge in [0.2, 0.25) is 0 Å². The highest BCUT2D eigenvalue weighted by Gasteiger charge is 2.12. The molecule has 19 heavy (non-hydrogen) atoms. The van der Waals surface area contributed by atoms with Crippen LogP contribution in [0.3, 0.4) is 0 Å². The van der Waals surface area contributed by atoms with Gasteiger partial charge in [0.05, 0.1) is 16.9 Å². The smallest absolute Gasteiger partial charge is 0.337 e. The van der Waals surface area contributed by atoms with Crippen molar-refractivity contribution in [3.05, 3.63) is 57.0 Å². The largest absolute Gasteiger partial charge is 0.478 e. The maximum atomic E-state index is 11.2. The minimum atomic E-state index is -1.02. The van der Waals surface area contributed by atoms with Crippen molar-refractivity contribution < 1.29 is 9.90 Å². The van der Waals surface area contributed by atoms with E-state index < -0.39 is 5.97 Å². The zero-order valence-corrected chi connectivity index (χ0v) is 12.4. The molecule has 0 heterocycles. The lowest BCUT2D eigenvalue weighted by molar-refractivity contribution is 0.0698. The first-order valence-corrected chi connectivity index (χ1v) is 6.70. The van der Waals surface area contributed by atoms with Gasteiger partial charge in [-0.3, -0.25) is 0 Å². The van der Waals surface area contributed by atoms with Crippen LogP contribution in [0.15, 0.2) is 40.9 Å². The predicted molar refractivity (Wildman–Crippen MR) is 80.6 cm³/mol. The minimum Gasteiger partial charge on any atom is -0.478 e. The summed E-state index contributed by atoms with van der Waals surface area (Å²) >= 11 is 9.25. The van der Waals surface area contributed by atoms with Gasteiger partial charge in [-0.25, -0.2) is 4.79 Å². The zero-order chi connectivity index (χ0) is 14.0. The molecular weight excluding hydrogens is 330 g/mol. The Labute approximate surface area is 124 Å². The predicted octanol–water partition coefficient (Wildman–Crippen LogP) is 4.85. The normalized spacial score (nSPS) is 10.3.